The Kier molecular flexibility index (Phi) is 5.01. The molecule has 128 valence electrons. The fourth-order valence-electron chi connectivity index (χ4n) is 2.98. The molecule has 2 aromatic rings. The molecule has 1 heterocycles. The van der Waals surface area contributed by atoms with Gasteiger partial charge in [0.25, 0.3) is 0 Å². The monoisotopic (exact) mass is 347 g/mol. The van der Waals surface area contributed by atoms with E-state index in [-0.39, 0.29) is 31.2 Å². The van der Waals surface area contributed by atoms with Crippen LogP contribution in [-0.2, 0) is 21.2 Å². The van der Waals surface area contributed by atoms with Crippen molar-refractivity contribution in [2.45, 2.75) is 16.9 Å². The van der Waals surface area contributed by atoms with Crippen molar-refractivity contribution in [3.63, 3.8) is 0 Å². The molecule has 0 bridgehead atoms. The van der Waals surface area contributed by atoms with Gasteiger partial charge in [0.2, 0.25) is 10.0 Å². The molecule has 1 fully saturated rings. The van der Waals surface area contributed by atoms with E-state index in [4.69, 9.17) is 4.74 Å². The predicted molar refractivity (Wildman–Crippen MR) is 91.1 cm³/mol. The molecule has 1 aliphatic heterocycles. The second kappa shape index (κ2) is 7.03. The van der Waals surface area contributed by atoms with Crippen LogP contribution in [0, 0.1) is 0 Å². The molecular formula is C18H21NO4S. The van der Waals surface area contributed by atoms with Crippen molar-refractivity contribution in [2.75, 3.05) is 26.3 Å². The summed E-state index contributed by atoms with van der Waals surface area (Å²) in [5.41, 5.74) is 0.0899. The van der Waals surface area contributed by atoms with Gasteiger partial charge in [0.15, 0.2) is 0 Å². The SMILES string of the molecule is O=S(=O)(c1ccccc1)N1CCO[C@](CO)(Cc2ccccc2)C1. The van der Waals surface area contributed by atoms with Gasteiger partial charge in [0.1, 0.15) is 5.60 Å². The van der Waals surface area contributed by atoms with Crippen molar-refractivity contribution in [3.05, 3.63) is 66.2 Å². The molecule has 1 aliphatic rings. The van der Waals surface area contributed by atoms with Gasteiger partial charge in [-0.1, -0.05) is 48.5 Å². The molecule has 0 radical (unpaired) electrons. The van der Waals surface area contributed by atoms with Crippen LogP contribution in [0.2, 0.25) is 0 Å². The van der Waals surface area contributed by atoms with Gasteiger partial charge in [-0.05, 0) is 17.7 Å². The van der Waals surface area contributed by atoms with Crippen LogP contribution in [0.1, 0.15) is 5.56 Å². The molecule has 0 spiro atoms. The first kappa shape index (κ1) is 17.1. The summed E-state index contributed by atoms with van der Waals surface area (Å²) in [6.07, 6.45) is 0.463. The van der Waals surface area contributed by atoms with E-state index in [1.165, 1.54) is 4.31 Å². The summed E-state index contributed by atoms with van der Waals surface area (Å²) in [4.78, 5) is 0.262. The maximum atomic E-state index is 12.8. The fourth-order valence-corrected chi connectivity index (χ4v) is 4.50. The highest BCUT2D eigenvalue weighted by atomic mass is 32.2. The second-order valence-electron chi connectivity index (χ2n) is 6.00. The summed E-state index contributed by atoms with van der Waals surface area (Å²) in [7, 11) is -3.59. The normalized spacial score (nSPS) is 22.4. The van der Waals surface area contributed by atoms with Crippen molar-refractivity contribution < 1.29 is 18.3 Å². The Labute approximate surface area is 142 Å². The minimum Gasteiger partial charge on any atom is -0.393 e. The van der Waals surface area contributed by atoms with Crippen LogP contribution < -0.4 is 0 Å². The van der Waals surface area contributed by atoms with Crippen molar-refractivity contribution in [1.82, 2.24) is 4.31 Å². The number of hydrogen-bond acceptors (Lipinski definition) is 4. The molecule has 1 saturated heterocycles. The summed E-state index contributed by atoms with van der Waals surface area (Å²) in [6.45, 7) is 0.450. The molecule has 2 aromatic carbocycles. The van der Waals surface area contributed by atoms with Crippen LogP contribution >= 0.6 is 0 Å². The van der Waals surface area contributed by atoms with Crippen LogP contribution in [0.3, 0.4) is 0 Å². The number of ether oxygens (including phenoxy) is 1. The predicted octanol–water partition coefficient (Wildman–Crippen LogP) is 1.68. The van der Waals surface area contributed by atoms with Gasteiger partial charge in [-0.25, -0.2) is 8.42 Å². The molecule has 0 unspecified atom stereocenters. The molecule has 0 aliphatic carbocycles. The highest BCUT2D eigenvalue weighted by Gasteiger charge is 2.41. The third-order valence-electron chi connectivity index (χ3n) is 4.25. The number of aliphatic hydroxyl groups is 1. The van der Waals surface area contributed by atoms with Gasteiger partial charge in [-0.3, -0.25) is 0 Å². The highest BCUT2D eigenvalue weighted by molar-refractivity contribution is 7.89. The summed E-state index contributed by atoms with van der Waals surface area (Å²) < 4.78 is 32.9. The van der Waals surface area contributed by atoms with Gasteiger partial charge >= 0.3 is 0 Å². The Morgan fingerprint density at radius 1 is 1.04 bits per heavy atom. The van der Waals surface area contributed by atoms with E-state index in [0.717, 1.165) is 5.56 Å². The fraction of sp³-hybridized carbons (Fsp3) is 0.333. The lowest BCUT2D eigenvalue weighted by atomic mass is 9.94. The first-order valence-electron chi connectivity index (χ1n) is 7.90. The van der Waals surface area contributed by atoms with Crippen LogP contribution in [0.15, 0.2) is 65.6 Å². The Hall–Kier alpha value is -1.73. The molecule has 0 amide bonds. The quantitative estimate of drug-likeness (QED) is 0.894. The van der Waals surface area contributed by atoms with Gasteiger partial charge in [-0.15, -0.1) is 0 Å². The molecule has 0 aromatic heterocycles. The summed E-state index contributed by atoms with van der Waals surface area (Å²) >= 11 is 0. The molecule has 6 heteroatoms. The largest absolute Gasteiger partial charge is 0.393 e. The van der Waals surface area contributed by atoms with E-state index < -0.39 is 15.6 Å². The molecule has 3 rings (SSSR count). The average molecular weight is 347 g/mol. The number of benzene rings is 2. The second-order valence-corrected chi connectivity index (χ2v) is 7.94. The Morgan fingerprint density at radius 2 is 1.67 bits per heavy atom. The Morgan fingerprint density at radius 3 is 2.29 bits per heavy atom. The number of morpholine rings is 1. The van der Waals surface area contributed by atoms with E-state index in [2.05, 4.69) is 0 Å². The third-order valence-corrected chi connectivity index (χ3v) is 6.11. The Balaban J connectivity index is 1.85. The number of nitrogens with zero attached hydrogens (tertiary/aromatic N) is 1. The number of rotatable bonds is 5. The minimum atomic E-state index is -3.59. The molecule has 1 atom stereocenters. The maximum Gasteiger partial charge on any atom is 0.243 e. The molecule has 5 nitrogen and oxygen atoms in total. The van der Waals surface area contributed by atoms with Crippen LogP contribution in [0.25, 0.3) is 0 Å². The number of hydrogen-bond donors (Lipinski definition) is 1. The zero-order valence-corrected chi connectivity index (χ0v) is 14.2. The first-order chi connectivity index (χ1) is 11.6. The van der Waals surface area contributed by atoms with E-state index in [9.17, 15) is 13.5 Å². The summed E-state index contributed by atoms with van der Waals surface area (Å²) in [5, 5.41) is 9.91. The number of sulfonamides is 1. The minimum absolute atomic E-state index is 0.135. The number of aliphatic hydroxyl groups excluding tert-OH is 1. The summed E-state index contributed by atoms with van der Waals surface area (Å²) in [5.74, 6) is 0. The maximum absolute atomic E-state index is 12.8. The lowest BCUT2D eigenvalue weighted by Gasteiger charge is -2.41. The van der Waals surface area contributed by atoms with Crippen LogP contribution in [0.5, 0.6) is 0 Å². The van der Waals surface area contributed by atoms with E-state index in [1.54, 1.807) is 30.3 Å². The highest BCUT2D eigenvalue weighted by Crippen LogP contribution is 2.27. The van der Waals surface area contributed by atoms with Crippen molar-refractivity contribution in [2.24, 2.45) is 0 Å². The Bertz CT molecular complexity index is 764. The van der Waals surface area contributed by atoms with Crippen LogP contribution in [-0.4, -0.2) is 49.7 Å². The average Bonchev–Trinajstić information content (AvgIpc) is 2.63. The van der Waals surface area contributed by atoms with E-state index >= 15 is 0 Å². The zero-order chi connectivity index (χ0) is 17.0. The third kappa shape index (κ3) is 3.52. The topological polar surface area (TPSA) is 66.8 Å². The lowest BCUT2D eigenvalue weighted by Crippen LogP contribution is -2.56. The van der Waals surface area contributed by atoms with Gasteiger partial charge < -0.3 is 9.84 Å². The van der Waals surface area contributed by atoms with E-state index in [0.29, 0.717) is 6.42 Å². The smallest absolute Gasteiger partial charge is 0.243 e. The molecule has 24 heavy (non-hydrogen) atoms. The molecule has 1 N–H and O–H groups in total. The first-order valence-corrected chi connectivity index (χ1v) is 9.34. The van der Waals surface area contributed by atoms with Gasteiger partial charge in [-0.2, -0.15) is 4.31 Å². The van der Waals surface area contributed by atoms with Crippen LogP contribution in [0.4, 0.5) is 0 Å². The van der Waals surface area contributed by atoms with Crippen molar-refractivity contribution in [3.8, 4) is 0 Å². The lowest BCUT2D eigenvalue weighted by molar-refractivity contribution is -0.115. The van der Waals surface area contributed by atoms with Gasteiger partial charge in [0, 0.05) is 19.5 Å². The van der Waals surface area contributed by atoms with E-state index in [1.807, 2.05) is 30.3 Å². The molecular weight excluding hydrogens is 326 g/mol. The van der Waals surface area contributed by atoms with Crippen molar-refractivity contribution in [1.29, 1.82) is 0 Å². The molecule has 0 saturated carbocycles. The van der Waals surface area contributed by atoms with Crippen molar-refractivity contribution >= 4 is 10.0 Å². The van der Waals surface area contributed by atoms with Gasteiger partial charge in [0.05, 0.1) is 18.1 Å². The zero-order valence-electron chi connectivity index (χ0n) is 13.3. The standard InChI is InChI=1S/C18H21NO4S/c20-15-18(13-16-7-3-1-4-8-16)14-19(11-12-23-18)24(21,22)17-9-5-2-6-10-17/h1-10,20H,11-15H2/t18-/m1/s1. The summed E-state index contributed by atoms with van der Waals surface area (Å²) in [6, 6.07) is 18.0.